The van der Waals surface area contributed by atoms with Gasteiger partial charge in [-0.1, -0.05) is 25.8 Å². The van der Waals surface area contributed by atoms with Crippen LogP contribution >= 0.6 is 0 Å². The summed E-state index contributed by atoms with van der Waals surface area (Å²) in [4.78, 5) is 29.2. The second-order valence-corrected chi connectivity index (χ2v) is 9.63. The fourth-order valence-electron chi connectivity index (χ4n) is 4.92. The van der Waals surface area contributed by atoms with Crippen molar-refractivity contribution in [2.24, 2.45) is 0 Å². The number of hydrogen-bond donors (Lipinski definition) is 0. The molecule has 3 aromatic carbocycles. The number of anilines is 1. The molecule has 0 saturated heterocycles. The Balaban J connectivity index is 1.68. The Labute approximate surface area is 220 Å². The molecular formula is C31H30FNO5. The van der Waals surface area contributed by atoms with Gasteiger partial charge in [-0.15, -0.1) is 0 Å². The van der Waals surface area contributed by atoms with Crippen molar-refractivity contribution in [2.75, 3.05) is 18.6 Å². The van der Waals surface area contributed by atoms with Gasteiger partial charge in [-0.2, -0.15) is 0 Å². The molecular weight excluding hydrogens is 485 g/mol. The largest absolute Gasteiger partial charge is 0.493 e. The molecule has 4 aromatic rings. The molecule has 1 unspecified atom stereocenters. The number of halogens is 1. The van der Waals surface area contributed by atoms with Crippen molar-refractivity contribution >= 4 is 22.6 Å². The van der Waals surface area contributed by atoms with E-state index in [4.69, 9.17) is 13.9 Å². The van der Waals surface area contributed by atoms with Crippen LogP contribution in [-0.4, -0.2) is 19.6 Å². The molecule has 5 rings (SSSR count). The number of rotatable bonds is 8. The quantitative estimate of drug-likeness (QED) is 0.239. The average molecular weight is 516 g/mol. The first kappa shape index (κ1) is 25.5. The van der Waals surface area contributed by atoms with Crippen LogP contribution < -0.4 is 19.8 Å². The summed E-state index contributed by atoms with van der Waals surface area (Å²) < 4.78 is 31.4. The number of carbonyl (C=O) groups is 1. The Kier molecular flexibility index (Phi) is 6.93. The van der Waals surface area contributed by atoms with Crippen LogP contribution in [0.5, 0.6) is 11.5 Å². The molecule has 1 aromatic heterocycles. The summed E-state index contributed by atoms with van der Waals surface area (Å²) in [5.74, 6) is 0.177. The van der Waals surface area contributed by atoms with E-state index in [1.54, 1.807) is 31.4 Å². The third-order valence-corrected chi connectivity index (χ3v) is 7.10. The Morgan fingerprint density at radius 3 is 2.39 bits per heavy atom. The number of carbonyl (C=O) groups excluding carboxylic acids is 1. The molecule has 7 heteroatoms. The van der Waals surface area contributed by atoms with Crippen molar-refractivity contribution < 1.29 is 23.1 Å². The average Bonchev–Trinajstić information content (AvgIpc) is 3.20. The molecule has 1 amide bonds. The van der Waals surface area contributed by atoms with Crippen LogP contribution in [0.15, 0.2) is 63.8 Å². The molecule has 2 heterocycles. The maximum atomic E-state index is 13.9. The zero-order valence-electron chi connectivity index (χ0n) is 22.0. The topological polar surface area (TPSA) is 69.0 Å². The molecule has 6 nitrogen and oxygen atoms in total. The predicted octanol–water partition coefficient (Wildman–Crippen LogP) is 6.88. The molecule has 196 valence electrons. The van der Waals surface area contributed by atoms with Crippen LogP contribution in [0.2, 0.25) is 0 Å². The lowest BCUT2D eigenvalue weighted by atomic mass is 9.97. The number of unbranched alkanes of at least 4 members (excludes halogenated alkanes) is 2. The third-order valence-electron chi connectivity index (χ3n) is 7.10. The van der Waals surface area contributed by atoms with E-state index in [9.17, 15) is 14.0 Å². The Bertz CT molecular complexity index is 1570. The van der Waals surface area contributed by atoms with E-state index in [0.29, 0.717) is 40.3 Å². The first-order valence-electron chi connectivity index (χ1n) is 12.8. The van der Waals surface area contributed by atoms with Crippen LogP contribution in [-0.2, 0) is 0 Å². The minimum absolute atomic E-state index is 0.0149. The van der Waals surface area contributed by atoms with Gasteiger partial charge in [-0.3, -0.25) is 14.5 Å². The predicted molar refractivity (Wildman–Crippen MR) is 145 cm³/mol. The van der Waals surface area contributed by atoms with Gasteiger partial charge in [0.15, 0.2) is 16.9 Å². The van der Waals surface area contributed by atoms with Crippen molar-refractivity contribution in [3.8, 4) is 11.5 Å². The molecule has 1 aliphatic rings. The van der Waals surface area contributed by atoms with Crippen molar-refractivity contribution in [3.63, 3.8) is 0 Å². The van der Waals surface area contributed by atoms with Crippen LogP contribution in [0.1, 0.15) is 65.0 Å². The van der Waals surface area contributed by atoms with E-state index in [-0.39, 0.29) is 16.8 Å². The molecule has 0 N–H and O–H groups in total. The SMILES string of the molecule is CCCCCOc1ccc(C2c3c(oc4cc(C)c(C)cc4c3=O)C(=O)N2c2ccc(F)cc2)cc1OC. The minimum Gasteiger partial charge on any atom is -0.493 e. The number of nitrogens with zero attached hydrogens (tertiary/aromatic N) is 1. The fraction of sp³-hybridized carbons (Fsp3) is 0.290. The van der Waals surface area contributed by atoms with Gasteiger partial charge in [-0.05, 0) is 85.5 Å². The standard InChI is InChI=1S/C31H30FNO5/c1-5-6-7-14-37-24-13-8-20(17-26(24)36-4)28-27-29(34)23-15-18(2)19(3)16-25(23)38-30(27)31(35)33(28)22-11-9-21(32)10-12-22/h8-13,15-17,28H,5-7,14H2,1-4H3. The van der Waals surface area contributed by atoms with Gasteiger partial charge in [0, 0.05) is 5.69 Å². The van der Waals surface area contributed by atoms with Crippen molar-refractivity contribution in [1.82, 2.24) is 0 Å². The molecule has 1 aliphatic heterocycles. The van der Waals surface area contributed by atoms with Gasteiger partial charge >= 0.3 is 0 Å². The molecule has 0 radical (unpaired) electrons. The summed E-state index contributed by atoms with van der Waals surface area (Å²) in [7, 11) is 1.55. The molecule has 0 spiro atoms. The number of ether oxygens (including phenoxy) is 2. The summed E-state index contributed by atoms with van der Waals surface area (Å²) in [6.45, 7) is 6.55. The lowest BCUT2D eigenvalue weighted by molar-refractivity contribution is 0.0971. The Morgan fingerprint density at radius 1 is 0.947 bits per heavy atom. The summed E-state index contributed by atoms with van der Waals surface area (Å²) in [6, 6.07) is 13.8. The number of hydrogen-bond acceptors (Lipinski definition) is 5. The molecule has 0 saturated carbocycles. The van der Waals surface area contributed by atoms with Crippen LogP contribution in [0.3, 0.4) is 0 Å². The number of amides is 1. The van der Waals surface area contributed by atoms with Crippen LogP contribution in [0.25, 0.3) is 11.0 Å². The van der Waals surface area contributed by atoms with Crippen LogP contribution in [0.4, 0.5) is 10.1 Å². The lowest BCUT2D eigenvalue weighted by Gasteiger charge is -2.26. The van der Waals surface area contributed by atoms with E-state index in [0.717, 1.165) is 30.4 Å². The lowest BCUT2D eigenvalue weighted by Crippen LogP contribution is -2.29. The minimum atomic E-state index is -0.798. The Hall–Kier alpha value is -4.13. The first-order chi connectivity index (χ1) is 18.3. The first-order valence-corrected chi connectivity index (χ1v) is 12.8. The molecule has 38 heavy (non-hydrogen) atoms. The van der Waals surface area contributed by atoms with E-state index in [2.05, 4.69) is 6.92 Å². The number of methoxy groups -OCH3 is 1. The number of fused-ring (bicyclic) bond motifs is 2. The second kappa shape index (κ2) is 10.3. The van der Waals surface area contributed by atoms with E-state index < -0.39 is 17.8 Å². The highest BCUT2D eigenvalue weighted by Gasteiger charge is 2.44. The highest BCUT2D eigenvalue weighted by atomic mass is 19.1. The summed E-state index contributed by atoms with van der Waals surface area (Å²) in [5, 5.41) is 0.411. The summed E-state index contributed by atoms with van der Waals surface area (Å²) in [6.07, 6.45) is 3.08. The van der Waals surface area contributed by atoms with E-state index in [1.165, 1.54) is 29.2 Å². The smallest absolute Gasteiger partial charge is 0.295 e. The van der Waals surface area contributed by atoms with E-state index >= 15 is 0 Å². The maximum Gasteiger partial charge on any atom is 0.295 e. The highest BCUT2D eigenvalue weighted by Crippen LogP contribution is 2.43. The summed E-state index contributed by atoms with van der Waals surface area (Å²) in [5.41, 5.74) is 3.33. The van der Waals surface area contributed by atoms with Gasteiger partial charge in [0.2, 0.25) is 5.76 Å². The number of benzene rings is 3. The normalized spacial score (nSPS) is 14.7. The van der Waals surface area contributed by atoms with Gasteiger partial charge in [0.05, 0.1) is 30.7 Å². The van der Waals surface area contributed by atoms with Crippen molar-refractivity contribution in [1.29, 1.82) is 0 Å². The molecule has 0 bridgehead atoms. The number of aryl methyl sites for hydroxylation is 2. The van der Waals surface area contributed by atoms with E-state index in [1.807, 2.05) is 19.9 Å². The van der Waals surface area contributed by atoms with Crippen molar-refractivity contribution in [2.45, 2.75) is 46.1 Å². The third kappa shape index (κ3) is 4.42. The molecule has 0 fully saturated rings. The summed E-state index contributed by atoms with van der Waals surface area (Å²) >= 11 is 0. The highest BCUT2D eigenvalue weighted by molar-refractivity contribution is 6.10. The van der Waals surface area contributed by atoms with Gasteiger partial charge < -0.3 is 13.9 Å². The molecule has 1 atom stereocenters. The van der Waals surface area contributed by atoms with Crippen LogP contribution in [0, 0.1) is 19.7 Å². The van der Waals surface area contributed by atoms with Gasteiger partial charge in [0.1, 0.15) is 11.4 Å². The zero-order valence-corrected chi connectivity index (χ0v) is 22.0. The fourth-order valence-corrected chi connectivity index (χ4v) is 4.92. The maximum absolute atomic E-state index is 13.9. The zero-order chi connectivity index (χ0) is 27.0. The van der Waals surface area contributed by atoms with Gasteiger partial charge in [-0.25, -0.2) is 4.39 Å². The monoisotopic (exact) mass is 515 g/mol. The Morgan fingerprint density at radius 2 is 1.68 bits per heavy atom. The molecule has 0 aliphatic carbocycles. The second-order valence-electron chi connectivity index (χ2n) is 9.63. The van der Waals surface area contributed by atoms with Crippen molar-refractivity contribution in [3.05, 3.63) is 98.7 Å². The van der Waals surface area contributed by atoms with Gasteiger partial charge in [0.25, 0.3) is 5.91 Å².